The van der Waals surface area contributed by atoms with E-state index in [2.05, 4.69) is 10.2 Å². The van der Waals surface area contributed by atoms with Gasteiger partial charge in [-0.1, -0.05) is 12.1 Å². The van der Waals surface area contributed by atoms with Crippen molar-refractivity contribution in [3.8, 4) is 0 Å². The lowest BCUT2D eigenvalue weighted by Gasteiger charge is -2.26. The maximum Gasteiger partial charge on any atom is 0.256 e. The number of amides is 2. The first-order valence-electron chi connectivity index (χ1n) is 9.76. The normalized spacial score (nSPS) is 17.1. The predicted octanol–water partition coefficient (Wildman–Crippen LogP) is 2.81. The molecule has 2 aromatic rings. The molecule has 0 saturated carbocycles. The Morgan fingerprint density at radius 2 is 1.82 bits per heavy atom. The van der Waals surface area contributed by atoms with E-state index in [0.29, 0.717) is 16.1 Å². The minimum atomic E-state index is -0.462. The van der Waals surface area contributed by atoms with Gasteiger partial charge in [0.1, 0.15) is 5.00 Å². The highest BCUT2D eigenvalue weighted by atomic mass is 32.1. The second kappa shape index (κ2) is 8.43. The quantitative estimate of drug-likeness (QED) is 0.810. The lowest BCUT2D eigenvalue weighted by molar-refractivity contribution is 0.0342. The molecule has 1 fully saturated rings. The first-order chi connectivity index (χ1) is 13.6. The third-order valence-corrected chi connectivity index (χ3v) is 6.58. The number of primary amides is 1. The topological polar surface area (TPSA) is 84.7 Å². The van der Waals surface area contributed by atoms with Gasteiger partial charge in [-0.25, -0.2) is 0 Å². The van der Waals surface area contributed by atoms with Crippen LogP contribution in [0, 0.1) is 0 Å². The second-order valence-electron chi connectivity index (χ2n) is 7.32. The van der Waals surface area contributed by atoms with Crippen LogP contribution in [0.3, 0.4) is 0 Å². The molecule has 4 rings (SSSR count). The highest BCUT2D eigenvalue weighted by Crippen LogP contribution is 2.38. The minimum Gasteiger partial charge on any atom is -0.379 e. The van der Waals surface area contributed by atoms with E-state index in [1.165, 1.54) is 21.8 Å². The minimum absolute atomic E-state index is 0.209. The van der Waals surface area contributed by atoms with Crippen LogP contribution < -0.4 is 11.1 Å². The van der Waals surface area contributed by atoms with Gasteiger partial charge in [-0.2, -0.15) is 0 Å². The van der Waals surface area contributed by atoms with E-state index in [4.69, 9.17) is 10.5 Å². The van der Waals surface area contributed by atoms with Gasteiger partial charge in [0, 0.05) is 30.1 Å². The van der Waals surface area contributed by atoms with Crippen molar-refractivity contribution in [3.63, 3.8) is 0 Å². The molecule has 1 aromatic carbocycles. The Morgan fingerprint density at radius 1 is 1.11 bits per heavy atom. The van der Waals surface area contributed by atoms with E-state index in [9.17, 15) is 9.59 Å². The number of nitrogens with two attached hydrogens (primary N) is 1. The number of rotatable bonds is 5. The Bertz CT molecular complexity index is 870. The summed E-state index contributed by atoms with van der Waals surface area (Å²) in [5.74, 6) is -0.672. The number of aryl methyl sites for hydroxylation is 1. The number of nitrogens with zero attached hydrogens (tertiary/aromatic N) is 1. The SMILES string of the molecule is NC(=O)c1c(NC(=O)c2ccc(CN3CCOCC3)cc2)sc2c1CCCC2. The van der Waals surface area contributed by atoms with Crippen molar-refractivity contribution < 1.29 is 14.3 Å². The van der Waals surface area contributed by atoms with Crippen molar-refractivity contribution in [2.45, 2.75) is 32.2 Å². The fraction of sp³-hybridized carbons (Fsp3) is 0.429. The largest absolute Gasteiger partial charge is 0.379 e. The number of carbonyl (C=O) groups is 2. The summed E-state index contributed by atoms with van der Waals surface area (Å²) in [6.07, 6.45) is 3.98. The van der Waals surface area contributed by atoms with Crippen LogP contribution in [-0.2, 0) is 24.1 Å². The van der Waals surface area contributed by atoms with E-state index < -0.39 is 5.91 Å². The fourth-order valence-electron chi connectivity index (χ4n) is 3.87. The standard InChI is InChI=1S/C21H25N3O3S/c22-19(25)18-16-3-1-2-4-17(16)28-21(18)23-20(26)15-7-5-14(6-8-15)13-24-9-11-27-12-10-24/h5-8H,1-4,9-13H2,(H2,22,25)(H,23,26). The van der Waals surface area contributed by atoms with Gasteiger partial charge in [0.05, 0.1) is 18.8 Å². The zero-order valence-corrected chi connectivity index (χ0v) is 16.6. The summed E-state index contributed by atoms with van der Waals surface area (Å²) < 4.78 is 5.37. The molecule has 7 heteroatoms. The van der Waals surface area contributed by atoms with E-state index in [1.54, 1.807) is 0 Å². The number of fused-ring (bicyclic) bond motifs is 1. The lowest BCUT2D eigenvalue weighted by atomic mass is 9.95. The summed E-state index contributed by atoms with van der Waals surface area (Å²) in [6.45, 7) is 4.26. The molecule has 2 aliphatic rings. The molecule has 6 nitrogen and oxygen atoms in total. The number of hydrogen-bond acceptors (Lipinski definition) is 5. The van der Waals surface area contributed by atoms with Gasteiger partial charge in [-0.05, 0) is 48.9 Å². The zero-order valence-electron chi connectivity index (χ0n) is 15.8. The summed E-state index contributed by atoms with van der Waals surface area (Å²) in [4.78, 5) is 28.2. The smallest absolute Gasteiger partial charge is 0.256 e. The number of thiophene rings is 1. The summed E-state index contributed by atoms with van der Waals surface area (Å²) in [5.41, 5.74) is 8.88. The van der Waals surface area contributed by atoms with Crippen molar-refractivity contribution in [2.24, 2.45) is 5.73 Å². The van der Waals surface area contributed by atoms with E-state index in [1.807, 2.05) is 24.3 Å². The number of nitrogens with one attached hydrogen (secondary N) is 1. The molecule has 2 heterocycles. The third kappa shape index (κ3) is 4.11. The molecule has 1 saturated heterocycles. The molecule has 2 amide bonds. The van der Waals surface area contributed by atoms with Crippen LogP contribution in [0.1, 0.15) is 49.6 Å². The summed E-state index contributed by atoms with van der Waals surface area (Å²) in [7, 11) is 0. The highest BCUT2D eigenvalue weighted by molar-refractivity contribution is 7.17. The molecule has 1 aromatic heterocycles. The highest BCUT2D eigenvalue weighted by Gasteiger charge is 2.25. The van der Waals surface area contributed by atoms with Crippen molar-refractivity contribution in [2.75, 3.05) is 31.6 Å². The molecular weight excluding hydrogens is 374 g/mol. The van der Waals surface area contributed by atoms with Gasteiger partial charge >= 0.3 is 0 Å². The predicted molar refractivity (Wildman–Crippen MR) is 110 cm³/mol. The monoisotopic (exact) mass is 399 g/mol. The van der Waals surface area contributed by atoms with Crippen LogP contribution in [0.5, 0.6) is 0 Å². The first-order valence-corrected chi connectivity index (χ1v) is 10.6. The van der Waals surface area contributed by atoms with E-state index in [-0.39, 0.29) is 5.91 Å². The molecule has 28 heavy (non-hydrogen) atoms. The average Bonchev–Trinajstić information content (AvgIpc) is 3.07. The van der Waals surface area contributed by atoms with Crippen molar-refractivity contribution in [1.82, 2.24) is 4.90 Å². The molecule has 0 unspecified atom stereocenters. The molecule has 1 aliphatic carbocycles. The fourth-order valence-corrected chi connectivity index (χ4v) is 5.16. The zero-order chi connectivity index (χ0) is 19.5. The van der Waals surface area contributed by atoms with Crippen LogP contribution in [0.4, 0.5) is 5.00 Å². The van der Waals surface area contributed by atoms with Crippen molar-refractivity contribution in [1.29, 1.82) is 0 Å². The first kappa shape index (κ1) is 19.1. The van der Waals surface area contributed by atoms with Crippen LogP contribution in [-0.4, -0.2) is 43.0 Å². The third-order valence-electron chi connectivity index (χ3n) is 5.37. The Hall–Kier alpha value is -2.22. The number of morpholine rings is 1. The Balaban J connectivity index is 1.46. The van der Waals surface area contributed by atoms with E-state index >= 15 is 0 Å². The van der Waals surface area contributed by atoms with Gasteiger partial charge in [-0.3, -0.25) is 14.5 Å². The molecule has 0 spiro atoms. The summed E-state index contributed by atoms with van der Waals surface area (Å²) in [6, 6.07) is 7.64. The van der Waals surface area contributed by atoms with Gasteiger partial charge in [0.25, 0.3) is 11.8 Å². The summed E-state index contributed by atoms with van der Waals surface area (Å²) >= 11 is 1.49. The molecule has 0 radical (unpaired) electrons. The maximum absolute atomic E-state index is 12.7. The van der Waals surface area contributed by atoms with Crippen molar-refractivity contribution in [3.05, 3.63) is 51.4 Å². The lowest BCUT2D eigenvalue weighted by Crippen LogP contribution is -2.35. The van der Waals surface area contributed by atoms with E-state index in [0.717, 1.165) is 64.1 Å². The van der Waals surface area contributed by atoms with Crippen LogP contribution in [0.2, 0.25) is 0 Å². The van der Waals surface area contributed by atoms with Crippen LogP contribution in [0.15, 0.2) is 24.3 Å². The van der Waals surface area contributed by atoms with Gasteiger partial charge < -0.3 is 15.8 Å². The average molecular weight is 400 g/mol. The molecule has 0 bridgehead atoms. The Labute approximate surface area is 168 Å². The van der Waals surface area contributed by atoms with Crippen LogP contribution in [0.25, 0.3) is 0 Å². The molecule has 148 valence electrons. The van der Waals surface area contributed by atoms with Gasteiger partial charge in [0.15, 0.2) is 0 Å². The molecule has 1 aliphatic heterocycles. The second-order valence-corrected chi connectivity index (χ2v) is 8.42. The number of anilines is 1. The maximum atomic E-state index is 12.7. The van der Waals surface area contributed by atoms with Crippen molar-refractivity contribution >= 4 is 28.2 Å². The Kier molecular flexibility index (Phi) is 5.75. The van der Waals surface area contributed by atoms with Gasteiger partial charge in [0.2, 0.25) is 0 Å². The number of benzene rings is 1. The number of hydrogen-bond donors (Lipinski definition) is 2. The number of carbonyl (C=O) groups excluding carboxylic acids is 2. The molecular formula is C21H25N3O3S. The Morgan fingerprint density at radius 3 is 2.54 bits per heavy atom. The molecule has 0 atom stereocenters. The summed E-state index contributed by atoms with van der Waals surface area (Å²) in [5, 5.41) is 3.50. The van der Waals surface area contributed by atoms with Gasteiger partial charge in [-0.15, -0.1) is 11.3 Å². The van der Waals surface area contributed by atoms with Crippen LogP contribution >= 0.6 is 11.3 Å². The molecule has 3 N–H and O–H groups in total. The number of ether oxygens (including phenoxy) is 1.